The number of ketones is 1. The van der Waals surface area contributed by atoms with Crippen LogP contribution < -0.4 is 0 Å². The lowest BCUT2D eigenvalue weighted by molar-refractivity contribution is -0.113. The molecule has 1 amide bonds. The van der Waals surface area contributed by atoms with Gasteiger partial charge < -0.3 is 9.80 Å². The second-order valence-corrected chi connectivity index (χ2v) is 10.6. The summed E-state index contributed by atoms with van der Waals surface area (Å²) in [4.78, 5) is 31.5. The van der Waals surface area contributed by atoms with Crippen LogP contribution in [0.4, 0.5) is 17.6 Å². The molecule has 0 radical (unpaired) electrons. The largest absolute Gasteiger partial charge is 0.330 e. The lowest BCUT2D eigenvalue weighted by atomic mass is 9.93. The van der Waals surface area contributed by atoms with Crippen LogP contribution in [0.1, 0.15) is 28.4 Å². The van der Waals surface area contributed by atoms with Crippen LogP contribution in [0, 0.1) is 23.3 Å². The first-order valence-corrected chi connectivity index (χ1v) is 13.7. The second-order valence-electron chi connectivity index (χ2n) is 9.45. The van der Waals surface area contributed by atoms with Gasteiger partial charge in [-0.2, -0.15) is 0 Å². The van der Waals surface area contributed by atoms with Gasteiger partial charge in [0.05, 0.1) is 13.1 Å². The maximum Gasteiger partial charge on any atom is 0.254 e. The van der Waals surface area contributed by atoms with Crippen molar-refractivity contribution in [2.24, 2.45) is 0 Å². The van der Waals surface area contributed by atoms with Gasteiger partial charge in [-0.1, -0.05) is 19.1 Å². The molecule has 0 aromatic heterocycles. The van der Waals surface area contributed by atoms with Gasteiger partial charge in [-0.15, -0.1) is 11.8 Å². The number of hydrogen-bond donors (Lipinski definition) is 0. The maximum absolute atomic E-state index is 13.8. The highest BCUT2D eigenvalue weighted by Crippen LogP contribution is 2.26. The summed E-state index contributed by atoms with van der Waals surface area (Å²) in [7, 11) is 2.05. The molecule has 40 heavy (non-hydrogen) atoms. The zero-order chi connectivity index (χ0) is 28.8. The molecule has 1 aliphatic heterocycles. The van der Waals surface area contributed by atoms with Crippen LogP contribution >= 0.6 is 11.8 Å². The molecule has 4 nitrogen and oxygen atoms in total. The first-order valence-electron chi connectivity index (χ1n) is 12.7. The minimum atomic E-state index is -1.07. The Kier molecular flexibility index (Phi) is 9.60. The smallest absolute Gasteiger partial charge is 0.254 e. The van der Waals surface area contributed by atoms with E-state index >= 15 is 0 Å². The number of benzene rings is 3. The van der Waals surface area contributed by atoms with E-state index in [0.717, 1.165) is 48.0 Å². The van der Waals surface area contributed by atoms with Crippen molar-refractivity contribution in [1.29, 1.82) is 0 Å². The van der Waals surface area contributed by atoms with Crippen LogP contribution in [-0.2, 0) is 4.79 Å². The van der Waals surface area contributed by atoms with E-state index in [-0.39, 0.29) is 41.3 Å². The summed E-state index contributed by atoms with van der Waals surface area (Å²) in [6.07, 6.45) is 2.80. The molecule has 3 aromatic rings. The molecule has 0 spiro atoms. The molecule has 208 valence electrons. The third-order valence-corrected chi connectivity index (χ3v) is 7.54. The molecule has 0 N–H and O–H groups in total. The van der Waals surface area contributed by atoms with Gasteiger partial charge in [-0.05, 0) is 85.4 Å². The van der Waals surface area contributed by atoms with E-state index in [0.29, 0.717) is 5.56 Å². The number of carbonyl (C=O) groups excluding carboxylic acids is 2. The van der Waals surface area contributed by atoms with E-state index in [1.807, 2.05) is 12.1 Å². The van der Waals surface area contributed by atoms with Gasteiger partial charge in [0.25, 0.3) is 5.91 Å². The fourth-order valence-electron chi connectivity index (χ4n) is 4.14. The molecular weight excluding hydrogens is 540 g/mol. The van der Waals surface area contributed by atoms with Gasteiger partial charge in [0, 0.05) is 33.9 Å². The van der Waals surface area contributed by atoms with Crippen molar-refractivity contribution >= 4 is 35.6 Å². The quantitative estimate of drug-likeness (QED) is 0.177. The normalized spacial score (nSPS) is 15.9. The Morgan fingerprint density at radius 3 is 1.85 bits per heavy atom. The van der Waals surface area contributed by atoms with Gasteiger partial charge in [0.1, 0.15) is 0 Å². The molecule has 4 rings (SSSR count). The Labute approximate surface area is 235 Å². The van der Waals surface area contributed by atoms with E-state index in [1.165, 1.54) is 29.2 Å². The van der Waals surface area contributed by atoms with Gasteiger partial charge >= 0.3 is 0 Å². The molecule has 1 fully saturated rings. The third kappa shape index (κ3) is 7.28. The predicted molar refractivity (Wildman–Crippen MR) is 150 cm³/mol. The summed E-state index contributed by atoms with van der Waals surface area (Å²) in [5.41, 5.74) is 1.26. The van der Waals surface area contributed by atoms with Crippen molar-refractivity contribution in [3.63, 3.8) is 0 Å². The van der Waals surface area contributed by atoms with E-state index < -0.39 is 29.1 Å². The number of carbonyl (C=O) groups is 2. The molecule has 1 saturated heterocycles. The summed E-state index contributed by atoms with van der Waals surface area (Å²) in [5, 5.41) is 0. The summed E-state index contributed by atoms with van der Waals surface area (Å²) in [6, 6.07) is 13.7. The summed E-state index contributed by atoms with van der Waals surface area (Å²) >= 11 is 1.68. The number of thioether (sulfide) groups is 1. The molecule has 1 heterocycles. The van der Waals surface area contributed by atoms with Crippen molar-refractivity contribution < 1.29 is 27.2 Å². The van der Waals surface area contributed by atoms with E-state index in [2.05, 4.69) is 18.9 Å². The first kappa shape index (κ1) is 29.3. The highest BCUT2D eigenvalue weighted by molar-refractivity contribution is 7.99. The van der Waals surface area contributed by atoms with Crippen LogP contribution in [0.25, 0.3) is 12.2 Å². The Morgan fingerprint density at radius 1 is 0.850 bits per heavy atom. The zero-order valence-corrected chi connectivity index (χ0v) is 22.9. The highest BCUT2D eigenvalue weighted by Gasteiger charge is 2.30. The van der Waals surface area contributed by atoms with E-state index in [4.69, 9.17) is 0 Å². The van der Waals surface area contributed by atoms with Crippen LogP contribution in [0.5, 0.6) is 0 Å². The number of nitrogens with zero attached hydrogens (tertiary/aromatic N) is 2. The highest BCUT2D eigenvalue weighted by atomic mass is 32.2. The van der Waals surface area contributed by atoms with Crippen LogP contribution in [0.15, 0.2) is 76.7 Å². The first-order chi connectivity index (χ1) is 19.1. The third-order valence-electron chi connectivity index (χ3n) is 6.54. The average Bonchev–Trinajstić information content (AvgIpc) is 2.94. The SMILES string of the molecule is CCN(C)CCSc1ccc(C(=O)N2C/C(=C\c3ccc(F)c(F)c3)C(=O)/C(=C/c3ccc(F)c(F)c3)C2)cc1. The number of amides is 1. The van der Waals surface area contributed by atoms with E-state index in [1.54, 1.807) is 23.9 Å². The maximum atomic E-state index is 13.8. The number of piperidine rings is 1. The Hall–Kier alpha value is -3.69. The minimum absolute atomic E-state index is 0.0639. The summed E-state index contributed by atoms with van der Waals surface area (Å²) in [5.74, 6) is -4.03. The Morgan fingerprint density at radius 2 is 1.38 bits per heavy atom. The molecule has 0 bridgehead atoms. The van der Waals surface area contributed by atoms with Crippen LogP contribution in [0.3, 0.4) is 0 Å². The second kappa shape index (κ2) is 13.1. The molecule has 3 aromatic carbocycles. The van der Waals surface area contributed by atoms with Gasteiger partial charge in [-0.25, -0.2) is 17.6 Å². The molecule has 1 aliphatic rings. The average molecular weight is 569 g/mol. The lowest BCUT2D eigenvalue weighted by Gasteiger charge is -2.30. The molecule has 0 unspecified atom stereocenters. The Bertz CT molecular complexity index is 1400. The molecule has 0 atom stereocenters. The number of Topliss-reactive ketones (excluding diaryl/α,β-unsaturated/α-hetero) is 1. The topological polar surface area (TPSA) is 40.6 Å². The monoisotopic (exact) mass is 568 g/mol. The molecule has 9 heteroatoms. The molecular formula is C31H28F4N2O2S. The molecule has 0 aliphatic carbocycles. The summed E-state index contributed by atoms with van der Waals surface area (Å²) < 4.78 is 54.5. The molecule has 0 saturated carbocycles. The summed E-state index contributed by atoms with van der Waals surface area (Å²) in [6.45, 7) is 3.86. The number of halogens is 4. The lowest BCUT2D eigenvalue weighted by Crippen LogP contribution is -2.41. The minimum Gasteiger partial charge on any atom is -0.330 e. The standard InChI is InChI=1S/C31H28F4N2O2S/c1-3-36(2)12-13-40-25-8-6-22(7-9-25)31(39)37-18-23(14-20-4-10-26(32)28(34)16-20)30(38)24(19-37)15-21-5-11-27(33)29(35)17-21/h4-11,14-17H,3,12-13,18-19H2,1-2H3/b23-14+,24-15+. The van der Waals surface area contributed by atoms with Crippen LogP contribution in [-0.4, -0.2) is 60.5 Å². The fourth-order valence-corrected chi connectivity index (χ4v) is 5.11. The van der Waals surface area contributed by atoms with Crippen molar-refractivity contribution in [3.8, 4) is 0 Å². The van der Waals surface area contributed by atoms with Crippen molar-refractivity contribution in [1.82, 2.24) is 9.80 Å². The zero-order valence-electron chi connectivity index (χ0n) is 22.1. The predicted octanol–water partition coefficient (Wildman–Crippen LogP) is 6.48. The number of likely N-dealkylation sites (tertiary alicyclic amines) is 1. The van der Waals surface area contributed by atoms with Crippen molar-refractivity contribution in [2.45, 2.75) is 11.8 Å². The van der Waals surface area contributed by atoms with Gasteiger partial charge in [0.15, 0.2) is 29.1 Å². The Balaban J connectivity index is 1.61. The van der Waals surface area contributed by atoms with E-state index in [9.17, 15) is 27.2 Å². The fraction of sp³-hybridized carbons (Fsp3) is 0.226. The van der Waals surface area contributed by atoms with Gasteiger partial charge in [-0.3, -0.25) is 9.59 Å². The van der Waals surface area contributed by atoms with Crippen LogP contribution in [0.2, 0.25) is 0 Å². The van der Waals surface area contributed by atoms with Crippen molar-refractivity contribution in [2.75, 3.05) is 39.0 Å². The number of hydrogen-bond acceptors (Lipinski definition) is 4. The number of rotatable bonds is 8. The van der Waals surface area contributed by atoms with Crippen molar-refractivity contribution in [3.05, 3.63) is 112 Å². The van der Waals surface area contributed by atoms with Gasteiger partial charge in [0.2, 0.25) is 0 Å².